The first-order valence-corrected chi connectivity index (χ1v) is 6.62. The molecule has 5 N–H and O–H groups in total. The molecule has 0 saturated carbocycles. The van der Waals surface area contributed by atoms with Gasteiger partial charge in [0, 0.05) is 36.0 Å². The molecule has 21 heavy (non-hydrogen) atoms. The number of hydrogen-bond donors (Lipinski definition) is 3. The molecule has 1 aliphatic heterocycles. The van der Waals surface area contributed by atoms with Gasteiger partial charge >= 0.3 is 0 Å². The molecule has 0 spiro atoms. The van der Waals surface area contributed by atoms with Crippen molar-refractivity contribution < 1.29 is 4.39 Å². The molecule has 2 unspecified atom stereocenters. The van der Waals surface area contributed by atoms with Crippen molar-refractivity contribution in [2.75, 3.05) is 0 Å². The van der Waals surface area contributed by atoms with Crippen molar-refractivity contribution in [3.05, 3.63) is 54.2 Å². The second-order valence-electron chi connectivity index (χ2n) is 5.13. The molecule has 2 aromatic rings. The molecule has 1 aliphatic rings. The number of rotatable bonds is 2. The van der Waals surface area contributed by atoms with E-state index in [1.54, 1.807) is 18.5 Å². The molecule has 3 rings (SSSR count). The summed E-state index contributed by atoms with van der Waals surface area (Å²) in [7, 11) is 0. The van der Waals surface area contributed by atoms with Crippen LogP contribution in [0.3, 0.4) is 0 Å². The van der Waals surface area contributed by atoms with E-state index in [0.29, 0.717) is 11.1 Å². The molecule has 0 saturated heterocycles. The summed E-state index contributed by atoms with van der Waals surface area (Å²) in [4.78, 5) is 8.15. The van der Waals surface area contributed by atoms with E-state index in [1.165, 1.54) is 12.3 Å². The summed E-state index contributed by atoms with van der Waals surface area (Å²) in [5, 5.41) is 3.83. The topological polar surface area (TPSA) is 89.3 Å². The van der Waals surface area contributed by atoms with Crippen molar-refractivity contribution in [2.45, 2.75) is 18.5 Å². The number of halogens is 1. The van der Waals surface area contributed by atoms with E-state index in [0.717, 1.165) is 5.39 Å². The zero-order valence-electron chi connectivity index (χ0n) is 11.5. The molecule has 1 aromatic heterocycles. The Hall–Kier alpha value is -2.47. The number of hydrogen-bond acceptors (Lipinski definition) is 5. The third kappa shape index (κ3) is 2.13. The quantitative estimate of drug-likeness (QED) is 0.781. The minimum atomic E-state index is -1.12. The van der Waals surface area contributed by atoms with Gasteiger partial charge in [-0.15, -0.1) is 0 Å². The first-order chi connectivity index (χ1) is 10.0. The summed E-state index contributed by atoms with van der Waals surface area (Å²) >= 11 is 0. The van der Waals surface area contributed by atoms with Crippen LogP contribution in [0.15, 0.2) is 47.9 Å². The number of fused-ring (bicyclic) bond motifs is 1. The van der Waals surface area contributed by atoms with Gasteiger partial charge in [-0.1, -0.05) is 13.0 Å². The molecule has 6 heteroatoms. The Kier molecular flexibility index (Phi) is 3.10. The smallest absolute Gasteiger partial charge is 0.151 e. The molecule has 0 fully saturated rings. The number of nitrogens with one attached hydrogen (secondary N) is 1. The Morgan fingerprint density at radius 3 is 2.95 bits per heavy atom. The van der Waals surface area contributed by atoms with Crippen LogP contribution < -0.4 is 16.8 Å². The largest absolute Gasteiger partial charge is 0.384 e. The van der Waals surface area contributed by atoms with Gasteiger partial charge in [0.05, 0.1) is 5.52 Å². The number of amidine groups is 1. The zero-order valence-corrected chi connectivity index (χ0v) is 11.5. The van der Waals surface area contributed by atoms with Crippen LogP contribution in [0.5, 0.6) is 0 Å². The molecule has 2 atom stereocenters. The van der Waals surface area contributed by atoms with Crippen LogP contribution in [0.4, 0.5) is 4.39 Å². The SMILES string of the molecule is CC(c1cc2cccnc2cc1F)C1(N)NC=CN=C1N. The van der Waals surface area contributed by atoms with E-state index in [9.17, 15) is 4.39 Å². The van der Waals surface area contributed by atoms with Crippen LogP contribution in [0.1, 0.15) is 18.4 Å². The van der Waals surface area contributed by atoms with Gasteiger partial charge in [-0.3, -0.25) is 4.98 Å². The monoisotopic (exact) mass is 285 g/mol. The molecule has 2 heterocycles. The second kappa shape index (κ2) is 4.82. The van der Waals surface area contributed by atoms with Gasteiger partial charge in [-0.25, -0.2) is 9.38 Å². The van der Waals surface area contributed by atoms with Gasteiger partial charge in [-0.05, 0) is 17.7 Å². The zero-order chi connectivity index (χ0) is 15.0. The van der Waals surface area contributed by atoms with E-state index >= 15 is 0 Å². The number of nitrogens with two attached hydrogens (primary N) is 2. The highest BCUT2D eigenvalue weighted by Crippen LogP contribution is 2.30. The maximum atomic E-state index is 14.4. The Balaban J connectivity index is 2.09. The summed E-state index contributed by atoms with van der Waals surface area (Å²) in [5.74, 6) is -0.540. The average Bonchev–Trinajstić information content (AvgIpc) is 2.49. The fourth-order valence-corrected chi connectivity index (χ4v) is 2.51. The first-order valence-electron chi connectivity index (χ1n) is 6.62. The molecule has 1 aromatic carbocycles. The molecule has 0 bridgehead atoms. The standard InChI is InChI=1S/C15H16FN5/c1-9(15(18)14(17)20-5-6-21-15)11-7-10-3-2-4-19-13(10)8-12(11)16/h2-9,21H,18H2,1H3,(H2,17,20). The molecule has 108 valence electrons. The highest BCUT2D eigenvalue weighted by Gasteiger charge is 2.38. The van der Waals surface area contributed by atoms with E-state index < -0.39 is 11.6 Å². The van der Waals surface area contributed by atoms with Gasteiger partial charge < -0.3 is 16.8 Å². The number of aromatic nitrogens is 1. The van der Waals surface area contributed by atoms with Gasteiger partial charge in [0.15, 0.2) is 5.66 Å². The summed E-state index contributed by atoms with van der Waals surface area (Å²) < 4.78 is 14.4. The predicted octanol–water partition coefficient (Wildman–Crippen LogP) is 1.56. The Labute approximate surface area is 121 Å². The first kappa shape index (κ1) is 13.5. The Morgan fingerprint density at radius 1 is 1.38 bits per heavy atom. The lowest BCUT2D eigenvalue weighted by molar-refractivity contribution is 0.412. The second-order valence-corrected chi connectivity index (χ2v) is 5.13. The summed E-state index contributed by atoms with van der Waals surface area (Å²) in [6, 6.07) is 6.86. The van der Waals surface area contributed by atoms with E-state index in [4.69, 9.17) is 11.5 Å². The van der Waals surface area contributed by atoms with Crippen LogP contribution in [0, 0.1) is 5.82 Å². The van der Waals surface area contributed by atoms with Gasteiger partial charge in [0.1, 0.15) is 11.7 Å². The number of aliphatic imine (C=N–C) groups is 1. The van der Waals surface area contributed by atoms with Crippen LogP contribution in [0.2, 0.25) is 0 Å². The number of benzene rings is 1. The van der Waals surface area contributed by atoms with Crippen LogP contribution in [-0.2, 0) is 0 Å². The van der Waals surface area contributed by atoms with E-state index in [-0.39, 0.29) is 11.7 Å². The Morgan fingerprint density at radius 2 is 2.19 bits per heavy atom. The van der Waals surface area contributed by atoms with Gasteiger partial charge in [0.25, 0.3) is 0 Å². The van der Waals surface area contributed by atoms with Crippen molar-refractivity contribution in [1.82, 2.24) is 10.3 Å². The van der Waals surface area contributed by atoms with Crippen molar-refractivity contribution in [3.8, 4) is 0 Å². The molecule has 0 aliphatic carbocycles. The predicted molar refractivity (Wildman–Crippen MR) is 80.9 cm³/mol. The maximum Gasteiger partial charge on any atom is 0.151 e. The van der Waals surface area contributed by atoms with Gasteiger partial charge in [0.2, 0.25) is 0 Å². The Bertz CT molecular complexity index is 755. The molecule has 5 nitrogen and oxygen atoms in total. The highest BCUT2D eigenvalue weighted by molar-refractivity contribution is 5.92. The molecular weight excluding hydrogens is 269 g/mol. The lowest BCUT2D eigenvalue weighted by Gasteiger charge is -2.37. The van der Waals surface area contributed by atoms with Crippen molar-refractivity contribution >= 4 is 16.7 Å². The van der Waals surface area contributed by atoms with Crippen molar-refractivity contribution in [2.24, 2.45) is 16.5 Å². The number of pyridine rings is 1. The molecule has 0 radical (unpaired) electrons. The molecule has 0 amide bonds. The maximum absolute atomic E-state index is 14.4. The normalized spacial score (nSPS) is 22.7. The third-order valence-electron chi connectivity index (χ3n) is 3.91. The minimum Gasteiger partial charge on any atom is -0.384 e. The summed E-state index contributed by atoms with van der Waals surface area (Å²) in [6.45, 7) is 1.81. The van der Waals surface area contributed by atoms with E-state index in [1.807, 2.05) is 19.1 Å². The third-order valence-corrected chi connectivity index (χ3v) is 3.91. The fraction of sp³-hybridized carbons (Fsp3) is 0.200. The summed E-state index contributed by atoms with van der Waals surface area (Å²) in [5.41, 5.74) is 12.1. The minimum absolute atomic E-state index is 0.225. The highest BCUT2D eigenvalue weighted by atomic mass is 19.1. The average molecular weight is 285 g/mol. The molecular formula is C15H16FN5. The van der Waals surface area contributed by atoms with Crippen LogP contribution in [0.25, 0.3) is 10.9 Å². The summed E-state index contributed by atoms with van der Waals surface area (Å²) in [6.07, 6.45) is 4.76. The van der Waals surface area contributed by atoms with Crippen LogP contribution >= 0.6 is 0 Å². The van der Waals surface area contributed by atoms with Crippen molar-refractivity contribution in [3.63, 3.8) is 0 Å². The lowest BCUT2D eigenvalue weighted by Crippen LogP contribution is -2.64. The fourth-order valence-electron chi connectivity index (χ4n) is 2.51. The van der Waals surface area contributed by atoms with Gasteiger partial charge in [-0.2, -0.15) is 0 Å². The van der Waals surface area contributed by atoms with Crippen LogP contribution in [-0.4, -0.2) is 16.5 Å². The van der Waals surface area contributed by atoms with Crippen molar-refractivity contribution in [1.29, 1.82) is 0 Å². The lowest BCUT2D eigenvalue weighted by atomic mass is 9.85. The van der Waals surface area contributed by atoms with E-state index in [2.05, 4.69) is 15.3 Å². The number of nitrogens with zero attached hydrogens (tertiary/aromatic N) is 2.